The highest BCUT2D eigenvalue weighted by atomic mass is 35.5. The molecule has 0 saturated carbocycles. The van der Waals surface area contributed by atoms with E-state index in [2.05, 4.69) is 29.4 Å². The molecule has 0 spiro atoms. The standard InChI is InChI=1S/C17H21Cl2N3O2S/c1-3-5-11(2)16-21-22-17(25-16)20-15(23)6-4-9-24-14-8-7-12(18)10-13(14)19/h7-8,10-11H,3-6,9H2,1-2H3,(H,20,22,23)/t11-/m1/s1. The Morgan fingerprint density at radius 3 is 2.88 bits per heavy atom. The highest BCUT2D eigenvalue weighted by Crippen LogP contribution is 2.28. The zero-order chi connectivity index (χ0) is 18.2. The normalized spacial score (nSPS) is 12.0. The zero-order valence-corrected chi connectivity index (χ0v) is 16.5. The van der Waals surface area contributed by atoms with Crippen LogP contribution in [0.4, 0.5) is 5.13 Å². The number of ether oxygens (including phenoxy) is 1. The molecule has 8 heteroatoms. The number of amides is 1. The first-order valence-electron chi connectivity index (χ1n) is 8.20. The van der Waals surface area contributed by atoms with Crippen molar-refractivity contribution in [3.05, 3.63) is 33.3 Å². The Morgan fingerprint density at radius 1 is 1.36 bits per heavy atom. The molecule has 1 atom stereocenters. The lowest BCUT2D eigenvalue weighted by Gasteiger charge is -2.08. The molecule has 1 aromatic carbocycles. The minimum Gasteiger partial charge on any atom is -0.492 e. The van der Waals surface area contributed by atoms with Crippen LogP contribution in [0.2, 0.25) is 10.0 Å². The van der Waals surface area contributed by atoms with Crippen LogP contribution in [0, 0.1) is 0 Å². The second kappa shape index (κ2) is 9.94. The first kappa shape index (κ1) is 19.9. The second-order valence-electron chi connectivity index (χ2n) is 5.71. The number of carbonyl (C=O) groups is 1. The van der Waals surface area contributed by atoms with E-state index in [-0.39, 0.29) is 5.91 Å². The predicted octanol–water partition coefficient (Wildman–Crippen LogP) is 5.55. The molecular formula is C17H21Cl2N3O2S. The summed E-state index contributed by atoms with van der Waals surface area (Å²) in [7, 11) is 0. The maximum absolute atomic E-state index is 12.0. The van der Waals surface area contributed by atoms with Gasteiger partial charge in [-0.15, -0.1) is 10.2 Å². The minimum atomic E-state index is -0.100. The lowest BCUT2D eigenvalue weighted by Crippen LogP contribution is -2.12. The molecular weight excluding hydrogens is 381 g/mol. The number of hydrogen-bond acceptors (Lipinski definition) is 5. The fourth-order valence-corrected chi connectivity index (χ4v) is 3.54. The second-order valence-corrected chi connectivity index (χ2v) is 7.56. The molecule has 1 aromatic heterocycles. The summed E-state index contributed by atoms with van der Waals surface area (Å²) in [6.45, 7) is 4.65. The van der Waals surface area contributed by atoms with Crippen LogP contribution >= 0.6 is 34.5 Å². The number of anilines is 1. The van der Waals surface area contributed by atoms with Crippen LogP contribution in [0.5, 0.6) is 5.75 Å². The fraction of sp³-hybridized carbons (Fsp3) is 0.471. The maximum Gasteiger partial charge on any atom is 0.226 e. The molecule has 0 saturated heterocycles. The van der Waals surface area contributed by atoms with Gasteiger partial charge in [-0.3, -0.25) is 4.79 Å². The molecule has 1 heterocycles. The number of aromatic nitrogens is 2. The molecule has 0 bridgehead atoms. The predicted molar refractivity (Wildman–Crippen MR) is 103 cm³/mol. The summed E-state index contributed by atoms with van der Waals surface area (Å²) in [5.74, 6) is 0.826. The average molecular weight is 402 g/mol. The van der Waals surface area contributed by atoms with Crippen LogP contribution in [-0.2, 0) is 4.79 Å². The third kappa shape index (κ3) is 6.45. The number of carbonyl (C=O) groups excluding carboxylic acids is 1. The Bertz CT molecular complexity index is 709. The summed E-state index contributed by atoms with van der Waals surface area (Å²) >= 11 is 13.3. The van der Waals surface area contributed by atoms with Gasteiger partial charge in [-0.05, 0) is 31.0 Å². The van der Waals surface area contributed by atoms with Gasteiger partial charge in [0.05, 0.1) is 11.6 Å². The van der Waals surface area contributed by atoms with Gasteiger partial charge in [0.2, 0.25) is 11.0 Å². The van der Waals surface area contributed by atoms with E-state index in [1.165, 1.54) is 11.3 Å². The van der Waals surface area contributed by atoms with Crippen molar-refractivity contribution in [2.24, 2.45) is 0 Å². The Labute approximate surface area is 161 Å². The van der Waals surface area contributed by atoms with Gasteiger partial charge in [0.25, 0.3) is 0 Å². The van der Waals surface area contributed by atoms with Crippen LogP contribution < -0.4 is 10.1 Å². The largest absolute Gasteiger partial charge is 0.492 e. The van der Waals surface area contributed by atoms with Gasteiger partial charge >= 0.3 is 0 Å². The molecule has 0 aliphatic heterocycles. The summed E-state index contributed by atoms with van der Waals surface area (Å²) in [6.07, 6.45) is 3.07. The average Bonchev–Trinajstić information content (AvgIpc) is 3.02. The number of nitrogens with one attached hydrogen (secondary N) is 1. The van der Waals surface area contributed by atoms with Crippen molar-refractivity contribution in [3.8, 4) is 5.75 Å². The van der Waals surface area contributed by atoms with Gasteiger partial charge in [0.1, 0.15) is 10.8 Å². The van der Waals surface area contributed by atoms with Crippen LogP contribution in [0.25, 0.3) is 0 Å². The molecule has 0 aliphatic carbocycles. The molecule has 0 unspecified atom stereocenters. The van der Waals surface area contributed by atoms with Gasteiger partial charge < -0.3 is 10.1 Å². The van der Waals surface area contributed by atoms with Crippen LogP contribution in [0.15, 0.2) is 18.2 Å². The molecule has 0 aliphatic rings. The van der Waals surface area contributed by atoms with E-state index in [9.17, 15) is 4.79 Å². The van der Waals surface area contributed by atoms with E-state index in [0.29, 0.717) is 46.3 Å². The zero-order valence-electron chi connectivity index (χ0n) is 14.2. The number of nitrogens with zero attached hydrogens (tertiary/aromatic N) is 2. The van der Waals surface area contributed by atoms with Crippen LogP contribution in [0.1, 0.15) is 50.5 Å². The summed E-state index contributed by atoms with van der Waals surface area (Å²) in [5, 5.41) is 13.5. The third-order valence-electron chi connectivity index (χ3n) is 3.53. The van der Waals surface area contributed by atoms with Crippen molar-refractivity contribution < 1.29 is 9.53 Å². The lowest BCUT2D eigenvalue weighted by atomic mass is 10.1. The van der Waals surface area contributed by atoms with E-state index < -0.39 is 0 Å². The lowest BCUT2D eigenvalue weighted by molar-refractivity contribution is -0.116. The van der Waals surface area contributed by atoms with E-state index in [1.807, 2.05) is 0 Å². The van der Waals surface area contributed by atoms with Crippen molar-refractivity contribution in [3.63, 3.8) is 0 Å². The molecule has 5 nitrogen and oxygen atoms in total. The highest BCUT2D eigenvalue weighted by Gasteiger charge is 2.13. The van der Waals surface area contributed by atoms with Crippen molar-refractivity contribution in [1.82, 2.24) is 10.2 Å². The Balaban J connectivity index is 1.72. The molecule has 2 aromatic rings. The number of halogens is 2. The topological polar surface area (TPSA) is 64.1 Å². The summed E-state index contributed by atoms with van der Waals surface area (Å²) in [4.78, 5) is 12.0. The maximum atomic E-state index is 12.0. The van der Waals surface area contributed by atoms with Crippen molar-refractivity contribution in [2.75, 3.05) is 11.9 Å². The van der Waals surface area contributed by atoms with Crippen molar-refractivity contribution in [2.45, 2.75) is 45.4 Å². The van der Waals surface area contributed by atoms with Gasteiger partial charge in [0.15, 0.2) is 0 Å². The number of benzene rings is 1. The van der Waals surface area contributed by atoms with Crippen LogP contribution in [-0.4, -0.2) is 22.7 Å². The van der Waals surface area contributed by atoms with Gasteiger partial charge in [-0.25, -0.2) is 0 Å². The molecule has 1 amide bonds. The minimum absolute atomic E-state index is 0.100. The number of rotatable bonds is 9. The molecule has 0 fully saturated rings. The Morgan fingerprint density at radius 2 is 2.16 bits per heavy atom. The van der Waals surface area contributed by atoms with Gasteiger partial charge in [0, 0.05) is 17.4 Å². The fourth-order valence-electron chi connectivity index (χ4n) is 2.23. The van der Waals surface area contributed by atoms with E-state index in [0.717, 1.165) is 17.8 Å². The molecule has 136 valence electrons. The number of hydrogen-bond donors (Lipinski definition) is 1. The first-order chi connectivity index (χ1) is 12.0. The summed E-state index contributed by atoms with van der Waals surface area (Å²) in [5.41, 5.74) is 0. The molecule has 0 radical (unpaired) electrons. The smallest absolute Gasteiger partial charge is 0.226 e. The summed E-state index contributed by atoms with van der Waals surface area (Å²) in [6, 6.07) is 5.05. The van der Waals surface area contributed by atoms with E-state index >= 15 is 0 Å². The Hall–Kier alpha value is -1.37. The van der Waals surface area contributed by atoms with Gasteiger partial charge in [-0.2, -0.15) is 0 Å². The quantitative estimate of drug-likeness (QED) is 0.559. The highest BCUT2D eigenvalue weighted by molar-refractivity contribution is 7.15. The van der Waals surface area contributed by atoms with E-state index in [4.69, 9.17) is 27.9 Å². The summed E-state index contributed by atoms with van der Waals surface area (Å²) < 4.78 is 5.56. The van der Waals surface area contributed by atoms with Gasteiger partial charge in [-0.1, -0.05) is 54.8 Å². The monoisotopic (exact) mass is 401 g/mol. The van der Waals surface area contributed by atoms with Crippen molar-refractivity contribution >= 4 is 45.6 Å². The van der Waals surface area contributed by atoms with Crippen LogP contribution in [0.3, 0.4) is 0 Å². The molecule has 25 heavy (non-hydrogen) atoms. The molecule has 2 rings (SSSR count). The van der Waals surface area contributed by atoms with E-state index in [1.54, 1.807) is 18.2 Å². The van der Waals surface area contributed by atoms with Crippen molar-refractivity contribution in [1.29, 1.82) is 0 Å². The third-order valence-corrected chi connectivity index (χ3v) is 5.13. The first-order valence-corrected chi connectivity index (χ1v) is 9.78. The Kier molecular flexibility index (Phi) is 7.93. The molecule has 1 N–H and O–H groups in total. The SMILES string of the molecule is CCC[C@@H](C)c1nnc(NC(=O)CCCOc2ccc(Cl)cc2Cl)s1.